The van der Waals surface area contributed by atoms with Crippen LogP contribution in [0.5, 0.6) is 0 Å². The standard InChI is InChI=1S/C19H22F3N5/c1-12-9-18(25-13(2)24-12)27-8-5-14-4-7-26(11-16(14)27)17-10-15(3-6-23-17)19(20,21)22/h3,6,9-10,14,16H,4-5,7-8,11H2,1-2H3. The second-order valence-corrected chi connectivity index (χ2v) is 7.36. The van der Waals surface area contributed by atoms with Gasteiger partial charge in [0.1, 0.15) is 17.5 Å². The minimum absolute atomic E-state index is 0.226. The highest BCUT2D eigenvalue weighted by molar-refractivity contribution is 5.47. The molecule has 0 aromatic carbocycles. The molecule has 2 saturated heterocycles. The highest BCUT2D eigenvalue weighted by Crippen LogP contribution is 2.37. The third kappa shape index (κ3) is 3.57. The number of hydrogen-bond acceptors (Lipinski definition) is 5. The number of piperidine rings is 1. The van der Waals surface area contributed by atoms with Gasteiger partial charge in [0.05, 0.1) is 11.6 Å². The van der Waals surface area contributed by atoms with Crippen LogP contribution in [0.4, 0.5) is 24.8 Å². The Kier molecular flexibility index (Phi) is 4.44. The predicted molar refractivity (Wildman–Crippen MR) is 96.8 cm³/mol. The van der Waals surface area contributed by atoms with Crippen LogP contribution in [-0.4, -0.2) is 40.6 Å². The van der Waals surface area contributed by atoms with Gasteiger partial charge in [-0.1, -0.05) is 0 Å². The van der Waals surface area contributed by atoms with Crippen molar-refractivity contribution in [1.82, 2.24) is 15.0 Å². The van der Waals surface area contributed by atoms with Gasteiger partial charge in [-0.25, -0.2) is 15.0 Å². The molecule has 0 N–H and O–H groups in total. The zero-order valence-corrected chi connectivity index (χ0v) is 15.4. The zero-order chi connectivity index (χ0) is 19.2. The first-order chi connectivity index (χ1) is 12.8. The van der Waals surface area contributed by atoms with Crippen molar-refractivity contribution < 1.29 is 13.2 Å². The van der Waals surface area contributed by atoms with Gasteiger partial charge in [-0.3, -0.25) is 0 Å². The lowest BCUT2D eigenvalue weighted by Crippen LogP contribution is -2.49. The van der Waals surface area contributed by atoms with Gasteiger partial charge in [0, 0.05) is 37.6 Å². The summed E-state index contributed by atoms with van der Waals surface area (Å²) < 4.78 is 39.1. The van der Waals surface area contributed by atoms with E-state index >= 15 is 0 Å². The van der Waals surface area contributed by atoms with Crippen LogP contribution in [0.3, 0.4) is 0 Å². The average Bonchev–Trinajstić information content (AvgIpc) is 3.03. The predicted octanol–water partition coefficient (Wildman–Crippen LogP) is 3.61. The Morgan fingerprint density at radius 2 is 1.81 bits per heavy atom. The van der Waals surface area contributed by atoms with Crippen molar-refractivity contribution in [1.29, 1.82) is 0 Å². The topological polar surface area (TPSA) is 45.2 Å². The lowest BCUT2D eigenvalue weighted by Gasteiger charge is -2.39. The summed E-state index contributed by atoms with van der Waals surface area (Å²) in [5.74, 6) is 2.57. The molecule has 0 saturated carbocycles. The Morgan fingerprint density at radius 3 is 2.56 bits per heavy atom. The zero-order valence-electron chi connectivity index (χ0n) is 15.4. The van der Waals surface area contributed by atoms with Crippen LogP contribution >= 0.6 is 0 Å². The van der Waals surface area contributed by atoms with Crippen LogP contribution in [-0.2, 0) is 6.18 Å². The number of halogens is 3. The Morgan fingerprint density at radius 1 is 1.04 bits per heavy atom. The smallest absolute Gasteiger partial charge is 0.355 e. The number of fused-ring (bicyclic) bond motifs is 1. The molecular weight excluding hydrogens is 355 g/mol. The summed E-state index contributed by atoms with van der Waals surface area (Å²) >= 11 is 0. The fraction of sp³-hybridized carbons (Fsp3) is 0.526. The van der Waals surface area contributed by atoms with Gasteiger partial charge in [-0.2, -0.15) is 13.2 Å². The molecule has 2 aromatic rings. The van der Waals surface area contributed by atoms with Gasteiger partial charge in [0.25, 0.3) is 0 Å². The van der Waals surface area contributed by atoms with Crippen LogP contribution in [0, 0.1) is 19.8 Å². The summed E-state index contributed by atoms with van der Waals surface area (Å²) in [4.78, 5) is 17.4. The molecule has 0 radical (unpaired) electrons. The molecule has 0 aliphatic carbocycles. The van der Waals surface area contributed by atoms with Crippen LogP contribution in [0.15, 0.2) is 24.4 Å². The van der Waals surface area contributed by atoms with E-state index in [0.29, 0.717) is 18.3 Å². The second kappa shape index (κ2) is 6.65. The van der Waals surface area contributed by atoms with Gasteiger partial charge >= 0.3 is 6.18 Å². The molecule has 2 atom stereocenters. The fourth-order valence-electron chi connectivity index (χ4n) is 4.25. The van der Waals surface area contributed by atoms with E-state index in [9.17, 15) is 13.2 Å². The highest BCUT2D eigenvalue weighted by Gasteiger charge is 2.40. The van der Waals surface area contributed by atoms with Crippen molar-refractivity contribution in [2.24, 2.45) is 5.92 Å². The molecule has 2 aromatic heterocycles. The van der Waals surface area contributed by atoms with Crippen LogP contribution in [0.2, 0.25) is 0 Å². The Hall–Kier alpha value is -2.38. The lowest BCUT2D eigenvalue weighted by atomic mass is 9.92. The number of pyridine rings is 1. The average molecular weight is 377 g/mol. The van der Waals surface area contributed by atoms with Crippen molar-refractivity contribution in [2.75, 3.05) is 29.4 Å². The molecule has 2 aliphatic heterocycles. The molecule has 0 amide bonds. The summed E-state index contributed by atoms with van der Waals surface area (Å²) in [6.07, 6.45) is -1.09. The summed E-state index contributed by atoms with van der Waals surface area (Å²) in [6.45, 7) is 6.12. The molecule has 2 fully saturated rings. The SMILES string of the molecule is Cc1cc(N2CCC3CCN(c4cc(C(F)(F)F)ccn4)CC32)nc(C)n1. The first-order valence-corrected chi connectivity index (χ1v) is 9.18. The molecule has 2 unspecified atom stereocenters. The summed E-state index contributed by atoms with van der Waals surface area (Å²) in [7, 11) is 0. The third-order valence-corrected chi connectivity index (χ3v) is 5.51. The van der Waals surface area contributed by atoms with Crippen LogP contribution < -0.4 is 9.80 Å². The van der Waals surface area contributed by atoms with Crippen LogP contribution in [0.1, 0.15) is 29.9 Å². The van der Waals surface area contributed by atoms with E-state index in [4.69, 9.17) is 0 Å². The van der Waals surface area contributed by atoms with Crippen molar-refractivity contribution in [3.05, 3.63) is 41.5 Å². The number of rotatable bonds is 2. The number of hydrogen-bond donors (Lipinski definition) is 0. The Balaban J connectivity index is 1.58. The van der Waals surface area contributed by atoms with Gasteiger partial charge in [-0.05, 0) is 44.7 Å². The lowest BCUT2D eigenvalue weighted by molar-refractivity contribution is -0.137. The minimum Gasteiger partial charge on any atom is -0.355 e. The second-order valence-electron chi connectivity index (χ2n) is 7.36. The number of aryl methyl sites for hydroxylation is 2. The molecule has 0 spiro atoms. The van der Waals surface area contributed by atoms with Gasteiger partial charge < -0.3 is 9.80 Å². The summed E-state index contributed by atoms with van der Waals surface area (Å²) in [5.41, 5.74) is 0.271. The molecule has 0 bridgehead atoms. The van der Waals surface area contributed by atoms with E-state index in [0.717, 1.165) is 55.4 Å². The van der Waals surface area contributed by atoms with Crippen LogP contribution in [0.25, 0.3) is 0 Å². The van der Waals surface area contributed by atoms with E-state index < -0.39 is 11.7 Å². The first-order valence-electron chi connectivity index (χ1n) is 9.18. The molecular formula is C19H22F3N5. The molecule has 4 rings (SSSR count). The van der Waals surface area contributed by atoms with Gasteiger partial charge in [-0.15, -0.1) is 0 Å². The van der Waals surface area contributed by atoms with E-state index in [-0.39, 0.29) is 6.04 Å². The van der Waals surface area contributed by atoms with Crippen molar-refractivity contribution in [2.45, 2.75) is 38.9 Å². The quantitative estimate of drug-likeness (QED) is 0.800. The van der Waals surface area contributed by atoms with E-state index in [2.05, 4.69) is 19.9 Å². The monoisotopic (exact) mass is 377 g/mol. The van der Waals surface area contributed by atoms with Crippen molar-refractivity contribution >= 4 is 11.6 Å². The highest BCUT2D eigenvalue weighted by atomic mass is 19.4. The van der Waals surface area contributed by atoms with E-state index in [1.165, 1.54) is 6.20 Å². The number of anilines is 2. The van der Waals surface area contributed by atoms with Gasteiger partial charge in [0.15, 0.2) is 0 Å². The maximum atomic E-state index is 13.0. The largest absolute Gasteiger partial charge is 0.416 e. The van der Waals surface area contributed by atoms with E-state index in [1.807, 2.05) is 24.8 Å². The van der Waals surface area contributed by atoms with Crippen molar-refractivity contribution in [3.8, 4) is 0 Å². The number of nitrogens with zero attached hydrogens (tertiary/aromatic N) is 5. The number of alkyl halides is 3. The maximum absolute atomic E-state index is 13.0. The number of aromatic nitrogens is 3. The normalized spacial score (nSPS) is 22.9. The fourth-order valence-corrected chi connectivity index (χ4v) is 4.25. The van der Waals surface area contributed by atoms with Gasteiger partial charge in [0.2, 0.25) is 0 Å². The third-order valence-electron chi connectivity index (χ3n) is 5.51. The molecule has 2 aliphatic rings. The summed E-state index contributed by atoms with van der Waals surface area (Å²) in [6, 6.07) is 4.38. The van der Waals surface area contributed by atoms with E-state index in [1.54, 1.807) is 0 Å². The van der Waals surface area contributed by atoms with Crippen molar-refractivity contribution in [3.63, 3.8) is 0 Å². The molecule has 27 heavy (non-hydrogen) atoms. The summed E-state index contributed by atoms with van der Waals surface area (Å²) in [5, 5.41) is 0. The molecule has 4 heterocycles. The Bertz CT molecular complexity index is 818. The molecule has 144 valence electrons. The first kappa shape index (κ1) is 18.0. The maximum Gasteiger partial charge on any atom is 0.416 e. The Labute approximate surface area is 156 Å². The minimum atomic E-state index is -4.36. The molecule has 5 nitrogen and oxygen atoms in total. The molecule has 8 heteroatoms.